The van der Waals surface area contributed by atoms with Crippen molar-refractivity contribution in [2.75, 3.05) is 6.61 Å². The molecule has 0 saturated heterocycles. The van der Waals surface area contributed by atoms with Gasteiger partial charge in [-0.05, 0) is 35.8 Å². The molecule has 1 amide bonds. The average Bonchev–Trinajstić information content (AvgIpc) is 3.05. The maximum Gasteiger partial charge on any atom is 0.254 e. The van der Waals surface area contributed by atoms with Gasteiger partial charge in [0.15, 0.2) is 0 Å². The van der Waals surface area contributed by atoms with E-state index in [0.717, 1.165) is 0 Å². The van der Waals surface area contributed by atoms with E-state index in [1.54, 1.807) is 24.3 Å². The topological polar surface area (TPSA) is 78.0 Å². The van der Waals surface area contributed by atoms with Crippen LogP contribution in [-0.4, -0.2) is 33.9 Å². The van der Waals surface area contributed by atoms with E-state index in [4.69, 9.17) is 0 Å². The summed E-state index contributed by atoms with van der Waals surface area (Å²) >= 11 is 0. The van der Waals surface area contributed by atoms with Gasteiger partial charge >= 0.3 is 0 Å². The predicted octanol–water partition coefficient (Wildman–Crippen LogP) is 3.76. The van der Waals surface area contributed by atoms with Crippen molar-refractivity contribution in [3.63, 3.8) is 0 Å². The average molecular weight is 385 g/mol. The minimum atomic E-state index is -0.685. The van der Waals surface area contributed by atoms with E-state index in [0.29, 0.717) is 22.2 Å². The van der Waals surface area contributed by atoms with Crippen LogP contribution in [0, 0.1) is 17.6 Å². The molecule has 0 aliphatic heterocycles. The number of nitrogens with one attached hydrogen (secondary N) is 2. The van der Waals surface area contributed by atoms with Crippen molar-refractivity contribution in [2.45, 2.75) is 19.9 Å². The lowest BCUT2D eigenvalue weighted by Crippen LogP contribution is -2.41. The molecule has 28 heavy (non-hydrogen) atoms. The molecule has 0 aliphatic carbocycles. The summed E-state index contributed by atoms with van der Waals surface area (Å²) in [6, 6.07) is 8.23. The van der Waals surface area contributed by atoms with Crippen molar-refractivity contribution >= 4 is 29.0 Å². The number of amides is 1. The number of hydrogen-bond acceptors (Lipinski definition) is 3. The van der Waals surface area contributed by atoms with Gasteiger partial charge in [-0.2, -0.15) is 5.10 Å². The Bertz CT molecular complexity index is 1030. The highest BCUT2D eigenvalue weighted by atomic mass is 19.1. The van der Waals surface area contributed by atoms with Crippen LogP contribution in [0.2, 0.25) is 0 Å². The first-order valence-electron chi connectivity index (χ1n) is 8.92. The highest BCUT2D eigenvalue weighted by molar-refractivity contribution is 6.00. The lowest BCUT2D eigenvalue weighted by atomic mass is 10.0. The Morgan fingerprint density at radius 1 is 1.25 bits per heavy atom. The summed E-state index contributed by atoms with van der Waals surface area (Å²) in [6.45, 7) is 3.47. The molecule has 0 fully saturated rings. The van der Waals surface area contributed by atoms with Crippen molar-refractivity contribution in [3.05, 3.63) is 64.9 Å². The zero-order valence-electron chi connectivity index (χ0n) is 15.5. The lowest BCUT2D eigenvalue weighted by molar-refractivity contribution is 0.0893. The number of rotatable bonds is 6. The first-order chi connectivity index (χ1) is 13.4. The van der Waals surface area contributed by atoms with Crippen LogP contribution in [0.4, 0.5) is 8.78 Å². The van der Waals surface area contributed by atoms with E-state index in [2.05, 4.69) is 15.5 Å². The number of carbonyl (C=O) groups excluding carboxylic acids is 1. The fourth-order valence-electron chi connectivity index (χ4n) is 2.81. The Hall–Kier alpha value is -3.06. The zero-order chi connectivity index (χ0) is 20.3. The van der Waals surface area contributed by atoms with Gasteiger partial charge in [-0.1, -0.05) is 32.1 Å². The number of aliphatic hydroxyl groups is 1. The van der Waals surface area contributed by atoms with E-state index >= 15 is 0 Å². The predicted molar refractivity (Wildman–Crippen MR) is 105 cm³/mol. The second-order valence-corrected chi connectivity index (χ2v) is 6.88. The van der Waals surface area contributed by atoms with Gasteiger partial charge < -0.3 is 10.4 Å². The third-order valence-corrected chi connectivity index (χ3v) is 4.52. The standard InChI is InChI=1S/C21H21F2N3O2/c1-12(2)20(11-27)24-21(28)15-9-16-18(25-26-19(16)10-17(15)23)7-6-13-4-3-5-14(22)8-13/h3-10,12,20,27H,11H2,1-2H3,(H,24,28)(H,25,26)/b7-6+/t20-/m1/s1. The summed E-state index contributed by atoms with van der Waals surface area (Å²) in [6.07, 6.45) is 3.35. The Balaban J connectivity index is 1.93. The Morgan fingerprint density at radius 3 is 2.71 bits per heavy atom. The van der Waals surface area contributed by atoms with Crippen molar-refractivity contribution < 1.29 is 18.7 Å². The van der Waals surface area contributed by atoms with Crippen molar-refractivity contribution in [1.82, 2.24) is 15.5 Å². The molecule has 0 spiro atoms. The number of nitrogens with zero attached hydrogens (tertiary/aromatic N) is 1. The minimum absolute atomic E-state index is 0.000528. The van der Waals surface area contributed by atoms with Crippen molar-refractivity contribution in [1.29, 1.82) is 0 Å². The Labute approximate surface area is 161 Å². The fourth-order valence-corrected chi connectivity index (χ4v) is 2.81. The fraction of sp³-hybridized carbons (Fsp3) is 0.238. The van der Waals surface area contributed by atoms with Gasteiger partial charge in [-0.25, -0.2) is 8.78 Å². The smallest absolute Gasteiger partial charge is 0.254 e. The molecule has 0 aliphatic rings. The first kappa shape index (κ1) is 19.7. The van der Waals surface area contributed by atoms with Crippen molar-refractivity contribution in [3.8, 4) is 0 Å². The van der Waals surface area contributed by atoms with Crippen molar-refractivity contribution in [2.24, 2.45) is 5.92 Å². The number of aromatic amines is 1. The second-order valence-electron chi connectivity index (χ2n) is 6.88. The van der Waals surface area contributed by atoms with Crippen LogP contribution >= 0.6 is 0 Å². The number of benzene rings is 2. The van der Waals surface area contributed by atoms with Crippen LogP contribution in [0.15, 0.2) is 36.4 Å². The molecule has 7 heteroatoms. The molecule has 1 aromatic heterocycles. The normalized spacial score (nSPS) is 12.8. The quantitative estimate of drug-likeness (QED) is 0.605. The molecule has 146 valence electrons. The Morgan fingerprint density at radius 2 is 2.04 bits per heavy atom. The molecule has 3 N–H and O–H groups in total. The summed E-state index contributed by atoms with van der Waals surface area (Å²) < 4.78 is 27.7. The third kappa shape index (κ3) is 4.26. The van der Waals surface area contributed by atoms with Crippen LogP contribution in [0.5, 0.6) is 0 Å². The number of aromatic nitrogens is 2. The summed E-state index contributed by atoms with van der Waals surface area (Å²) in [5.41, 5.74) is 1.46. The number of aliphatic hydroxyl groups excluding tert-OH is 1. The number of halogens is 2. The largest absolute Gasteiger partial charge is 0.394 e. The Kier molecular flexibility index (Phi) is 5.84. The molecule has 0 unspecified atom stereocenters. The summed E-state index contributed by atoms with van der Waals surface area (Å²) in [7, 11) is 0. The minimum Gasteiger partial charge on any atom is -0.394 e. The number of fused-ring (bicyclic) bond motifs is 1. The highest BCUT2D eigenvalue weighted by Gasteiger charge is 2.20. The van der Waals surface area contributed by atoms with Gasteiger partial charge in [0, 0.05) is 11.5 Å². The third-order valence-electron chi connectivity index (χ3n) is 4.52. The second kappa shape index (κ2) is 8.31. The summed E-state index contributed by atoms with van der Waals surface area (Å²) in [5.74, 6) is -1.64. The monoisotopic (exact) mass is 385 g/mol. The van der Waals surface area contributed by atoms with E-state index in [1.807, 2.05) is 13.8 Å². The molecule has 1 heterocycles. The van der Waals surface area contributed by atoms with Gasteiger partial charge in [-0.15, -0.1) is 0 Å². The van der Waals surface area contributed by atoms with Gasteiger partial charge in [0.25, 0.3) is 5.91 Å². The van der Waals surface area contributed by atoms with E-state index in [9.17, 15) is 18.7 Å². The molecule has 0 bridgehead atoms. The SMILES string of the molecule is CC(C)[C@@H](CO)NC(=O)c1cc2c(/C=C/c3cccc(F)c3)n[nH]c2cc1F. The number of H-pyrrole nitrogens is 1. The lowest BCUT2D eigenvalue weighted by Gasteiger charge is -2.20. The van der Waals surface area contributed by atoms with E-state index in [1.165, 1.54) is 24.3 Å². The van der Waals surface area contributed by atoms with Crippen LogP contribution in [0.1, 0.15) is 35.5 Å². The van der Waals surface area contributed by atoms with Crippen LogP contribution in [0.3, 0.4) is 0 Å². The van der Waals surface area contributed by atoms with Gasteiger partial charge in [0.2, 0.25) is 0 Å². The molecule has 1 atom stereocenters. The highest BCUT2D eigenvalue weighted by Crippen LogP contribution is 2.23. The number of carbonyl (C=O) groups is 1. The molecular formula is C21H21F2N3O2. The maximum atomic E-state index is 14.4. The maximum absolute atomic E-state index is 14.4. The van der Waals surface area contributed by atoms with Gasteiger partial charge in [-0.3, -0.25) is 9.89 Å². The van der Waals surface area contributed by atoms with Gasteiger partial charge in [0.05, 0.1) is 29.4 Å². The summed E-state index contributed by atoms with van der Waals surface area (Å²) in [5, 5.41) is 19.4. The molecular weight excluding hydrogens is 364 g/mol. The molecule has 2 aromatic carbocycles. The van der Waals surface area contributed by atoms with Crippen LogP contribution in [-0.2, 0) is 0 Å². The molecule has 0 radical (unpaired) electrons. The van der Waals surface area contributed by atoms with E-state index in [-0.39, 0.29) is 23.9 Å². The summed E-state index contributed by atoms with van der Waals surface area (Å²) in [4.78, 5) is 12.5. The zero-order valence-corrected chi connectivity index (χ0v) is 15.5. The molecule has 3 rings (SSSR count). The number of hydrogen-bond donors (Lipinski definition) is 3. The molecule has 3 aromatic rings. The van der Waals surface area contributed by atoms with Gasteiger partial charge in [0.1, 0.15) is 11.6 Å². The van der Waals surface area contributed by atoms with E-state index < -0.39 is 17.8 Å². The van der Waals surface area contributed by atoms with Crippen LogP contribution < -0.4 is 5.32 Å². The van der Waals surface area contributed by atoms with Crippen LogP contribution in [0.25, 0.3) is 23.1 Å². The molecule has 0 saturated carbocycles. The first-order valence-corrected chi connectivity index (χ1v) is 8.92. The molecule has 5 nitrogen and oxygen atoms in total.